The average Bonchev–Trinajstić information content (AvgIpc) is 2.15. The minimum atomic E-state index is 0. The molecule has 0 aromatic rings. The molecule has 1 saturated heterocycles. The second kappa shape index (κ2) is 7.43. The first kappa shape index (κ1) is 16.1. The molecule has 0 radical (unpaired) electrons. The quantitative estimate of drug-likeness (QED) is 0.386. The van der Waals surface area contributed by atoms with Crippen molar-refractivity contribution in [1.82, 2.24) is 0 Å². The number of nitrogens with zero attached hydrogens (tertiary/aromatic N) is 1. The van der Waals surface area contributed by atoms with E-state index in [1.54, 1.807) is 6.08 Å². The first-order valence-electron chi connectivity index (χ1n) is 6.03. The molecule has 94 valence electrons. The topological polar surface area (TPSA) is 17.1 Å². The number of allylic oxidation sites excluding steroid dienone is 2. The highest BCUT2D eigenvalue weighted by Crippen LogP contribution is 2.16. The van der Waals surface area contributed by atoms with E-state index in [1.807, 2.05) is 13.8 Å². The molecular formula is C13H24INO. The van der Waals surface area contributed by atoms with Crippen molar-refractivity contribution in [2.75, 3.05) is 26.7 Å². The number of piperidine rings is 1. The molecule has 0 bridgehead atoms. The van der Waals surface area contributed by atoms with Crippen LogP contribution in [0, 0.1) is 0 Å². The first-order valence-corrected chi connectivity index (χ1v) is 6.03. The van der Waals surface area contributed by atoms with Gasteiger partial charge in [-0.05, 0) is 39.2 Å². The highest BCUT2D eigenvalue weighted by atomic mass is 127. The maximum absolute atomic E-state index is 11.6. The van der Waals surface area contributed by atoms with Gasteiger partial charge >= 0.3 is 0 Å². The first-order chi connectivity index (χ1) is 7.02. The van der Waals surface area contributed by atoms with Crippen LogP contribution in [-0.4, -0.2) is 36.9 Å². The van der Waals surface area contributed by atoms with Gasteiger partial charge in [0.2, 0.25) is 0 Å². The van der Waals surface area contributed by atoms with Gasteiger partial charge in [0.15, 0.2) is 5.78 Å². The number of hydrogen-bond donors (Lipinski definition) is 0. The summed E-state index contributed by atoms with van der Waals surface area (Å²) in [5.41, 5.74) is 1.11. The van der Waals surface area contributed by atoms with E-state index in [0.29, 0.717) is 12.2 Å². The largest absolute Gasteiger partial charge is 1.00 e. The molecule has 1 rings (SSSR count). The zero-order chi connectivity index (χ0) is 11.3. The minimum Gasteiger partial charge on any atom is -1.00 e. The molecule has 0 unspecified atom stereocenters. The van der Waals surface area contributed by atoms with Crippen molar-refractivity contribution in [3.05, 3.63) is 11.6 Å². The van der Waals surface area contributed by atoms with Crippen molar-refractivity contribution in [3.63, 3.8) is 0 Å². The Labute approximate surface area is 117 Å². The summed E-state index contributed by atoms with van der Waals surface area (Å²) in [6.07, 6.45) is 6.51. The van der Waals surface area contributed by atoms with Gasteiger partial charge in [-0.1, -0.05) is 5.57 Å². The summed E-state index contributed by atoms with van der Waals surface area (Å²) >= 11 is 0. The van der Waals surface area contributed by atoms with Crippen LogP contribution in [0.25, 0.3) is 0 Å². The third-order valence-corrected chi connectivity index (χ3v) is 3.24. The molecule has 0 amide bonds. The van der Waals surface area contributed by atoms with Crippen molar-refractivity contribution < 1.29 is 33.3 Å². The molecule has 0 atom stereocenters. The maximum Gasteiger partial charge on any atom is 0.161 e. The zero-order valence-corrected chi connectivity index (χ0v) is 12.9. The second-order valence-electron chi connectivity index (χ2n) is 5.29. The predicted octanol–water partition coefficient (Wildman–Crippen LogP) is -0.454. The lowest BCUT2D eigenvalue weighted by Crippen LogP contribution is -3.00. The van der Waals surface area contributed by atoms with Crippen LogP contribution in [0.15, 0.2) is 11.6 Å². The lowest BCUT2D eigenvalue weighted by atomic mass is 10.1. The van der Waals surface area contributed by atoms with Gasteiger partial charge in [0.25, 0.3) is 0 Å². The number of rotatable bonds is 4. The summed E-state index contributed by atoms with van der Waals surface area (Å²) in [4.78, 5) is 11.6. The molecule has 0 N–H and O–H groups in total. The molecule has 16 heavy (non-hydrogen) atoms. The van der Waals surface area contributed by atoms with Crippen molar-refractivity contribution in [2.45, 2.75) is 39.5 Å². The molecule has 1 aliphatic rings. The Bertz CT molecular complexity index is 251. The highest BCUT2D eigenvalue weighted by molar-refractivity contribution is 5.90. The van der Waals surface area contributed by atoms with Crippen molar-refractivity contribution in [1.29, 1.82) is 0 Å². The van der Waals surface area contributed by atoms with Gasteiger partial charge < -0.3 is 28.5 Å². The second-order valence-corrected chi connectivity index (χ2v) is 5.29. The van der Waals surface area contributed by atoms with E-state index in [0.717, 1.165) is 16.6 Å². The number of quaternary nitrogens is 1. The predicted molar refractivity (Wildman–Crippen MR) is 63.7 cm³/mol. The van der Waals surface area contributed by atoms with Crippen LogP contribution in [0.5, 0.6) is 0 Å². The summed E-state index contributed by atoms with van der Waals surface area (Å²) in [5.74, 6) is 0.292. The Morgan fingerprint density at radius 1 is 1.19 bits per heavy atom. The number of carbonyl (C=O) groups is 1. The Morgan fingerprint density at radius 3 is 2.25 bits per heavy atom. The molecule has 0 aromatic heterocycles. The molecule has 0 saturated carbocycles. The highest BCUT2D eigenvalue weighted by Gasteiger charge is 2.24. The molecule has 1 fully saturated rings. The van der Waals surface area contributed by atoms with Gasteiger partial charge in [0, 0.05) is 0 Å². The van der Waals surface area contributed by atoms with E-state index < -0.39 is 0 Å². The van der Waals surface area contributed by atoms with Gasteiger partial charge in [-0.25, -0.2) is 0 Å². The minimum absolute atomic E-state index is 0. The van der Waals surface area contributed by atoms with Crippen LogP contribution in [0.1, 0.15) is 39.5 Å². The van der Waals surface area contributed by atoms with Crippen molar-refractivity contribution in [3.8, 4) is 0 Å². The number of ketones is 1. The molecular weight excluding hydrogens is 313 g/mol. The van der Waals surface area contributed by atoms with Crippen LogP contribution in [0.3, 0.4) is 0 Å². The molecule has 0 spiro atoms. The number of halogens is 1. The molecule has 0 aromatic carbocycles. The monoisotopic (exact) mass is 337 g/mol. The van der Waals surface area contributed by atoms with Crippen LogP contribution in [0.2, 0.25) is 0 Å². The van der Waals surface area contributed by atoms with E-state index in [9.17, 15) is 4.79 Å². The summed E-state index contributed by atoms with van der Waals surface area (Å²) in [7, 11) is 2.29. The maximum atomic E-state index is 11.6. The van der Waals surface area contributed by atoms with Gasteiger partial charge in [0.05, 0.1) is 33.1 Å². The summed E-state index contributed by atoms with van der Waals surface area (Å²) in [5, 5.41) is 0. The SMILES string of the molecule is CC(C)=CC(=O)CC[N+]1(C)CCCCC1.[I-]. The van der Waals surface area contributed by atoms with E-state index in [-0.39, 0.29) is 24.0 Å². The smallest absolute Gasteiger partial charge is 0.161 e. The van der Waals surface area contributed by atoms with Crippen molar-refractivity contribution >= 4 is 5.78 Å². The van der Waals surface area contributed by atoms with Gasteiger partial charge in [0.1, 0.15) is 0 Å². The Balaban J connectivity index is 0.00000225. The van der Waals surface area contributed by atoms with E-state index in [2.05, 4.69) is 7.05 Å². The Hall–Kier alpha value is 0.1000. The van der Waals surface area contributed by atoms with Gasteiger partial charge in [-0.2, -0.15) is 0 Å². The fraction of sp³-hybridized carbons (Fsp3) is 0.769. The molecule has 1 heterocycles. The van der Waals surface area contributed by atoms with E-state index in [1.165, 1.54) is 32.4 Å². The summed E-state index contributed by atoms with van der Waals surface area (Å²) in [6, 6.07) is 0. The summed E-state index contributed by atoms with van der Waals surface area (Å²) < 4.78 is 1.10. The summed E-state index contributed by atoms with van der Waals surface area (Å²) in [6.45, 7) is 7.48. The van der Waals surface area contributed by atoms with Gasteiger partial charge in [-0.15, -0.1) is 0 Å². The van der Waals surface area contributed by atoms with Crippen LogP contribution < -0.4 is 24.0 Å². The zero-order valence-electron chi connectivity index (χ0n) is 10.8. The normalized spacial score (nSPS) is 18.4. The fourth-order valence-electron chi connectivity index (χ4n) is 2.27. The lowest BCUT2D eigenvalue weighted by molar-refractivity contribution is -0.913. The molecule has 2 nitrogen and oxygen atoms in total. The van der Waals surface area contributed by atoms with Gasteiger partial charge in [-0.3, -0.25) is 4.79 Å². The van der Waals surface area contributed by atoms with E-state index in [4.69, 9.17) is 0 Å². The Morgan fingerprint density at radius 2 is 1.75 bits per heavy atom. The third kappa shape index (κ3) is 5.99. The fourth-order valence-corrected chi connectivity index (χ4v) is 2.27. The third-order valence-electron chi connectivity index (χ3n) is 3.24. The van der Waals surface area contributed by atoms with Crippen LogP contribution in [0.4, 0.5) is 0 Å². The lowest BCUT2D eigenvalue weighted by Gasteiger charge is -2.37. The van der Waals surface area contributed by atoms with Crippen molar-refractivity contribution in [2.24, 2.45) is 0 Å². The number of hydrogen-bond acceptors (Lipinski definition) is 1. The van der Waals surface area contributed by atoms with E-state index >= 15 is 0 Å². The van der Waals surface area contributed by atoms with Crippen LogP contribution in [-0.2, 0) is 4.79 Å². The number of likely N-dealkylation sites (tertiary alicyclic amines) is 1. The number of carbonyl (C=O) groups excluding carboxylic acids is 1. The Kier molecular flexibility index (Phi) is 7.48. The molecule has 3 heteroatoms. The molecule has 0 aliphatic carbocycles. The average molecular weight is 337 g/mol. The van der Waals surface area contributed by atoms with Crippen LogP contribution >= 0.6 is 0 Å². The molecule has 1 aliphatic heterocycles. The standard InChI is InChI=1S/C13H24NO.HI/c1-12(2)11-13(15)7-10-14(3)8-5-4-6-9-14;/h11H,4-10H2,1-3H3;1H/q+1;/p-1.